The lowest BCUT2D eigenvalue weighted by Crippen LogP contribution is -2.41. The Morgan fingerprint density at radius 3 is 1.97 bits per heavy atom. The van der Waals surface area contributed by atoms with Gasteiger partial charge in [0.15, 0.2) is 9.84 Å². The van der Waals surface area contributed by atoms with Crippen molar-refractivity contribution < 1.29 is 39.6 Å². The van der Waals surface area contributed by atoms with Crippen molar-refractivity contribution >= 4 is 21.4 Å². The minimum absolute atomic E-state index is 0.102. The number of rotatable bonds is 4. The van der Waals surface area contributed by atoms with E-state index >= 15 is 0 Å². The predicted molar refractivity (Wildman–Crippen MR) is 105 cm³/mol. The van der Waals surface area contributed by atoms with Crippen LogP contribution in [-0.2, 0) is 27.0 Å². The maximum Gasteiger partial charge on any atom is 0.416 e. The number of hydrogen-bond acceptors (Lipinski definition) is 3. The lowest BCUT2D eigenvalue weighted by atomic mass is 9.94. The van der Waals surface area contributed by atoms with Crippen LogP contribution in [0.15, 0.2) is 53.4 Å². The van der Waals surface area contributed by atoms with E-state index in [0.29, 0.717) is 6.07 Å². The van der Waals surface area contributed by atoms with Gasteiger partial charge in [-0.15, -0.1) is 0 Å². The van der Waals surface area contributed by atoms with Crippen molar-refractivity contribution in [2.75, 3.05) is 11.4 Å². The molecule has 0 saturated carbocycles. The second-order valence-corrected chi connectivity index (χ2v) is 10.6. The van der Waals surface area contributed by atoms with E-state index in [9.17, 15) is 39.6 Å². The zero-order valence-electron chi connectivity index (χ0n) is 17.0. The van der Waals surface area contributed by atoms with Crippen LogP contribution in [0.4, 0.5) is 32.0 Å². The van der Waals surface area contributed by atoms with E-state index < -0.39 is 54.8 Å². The van der Waals surface area contributed by atoms with E-state index in [-0.39, 0.29) is 18.7 Å². The fourth-order valence-electron chi connectivity index (χ4n) is 3.62. The summed E-state index contributed by atoms with van der Waals surface area (Å²) in [7, 11) is -4.29. The van der Waals surface area contributed by atoms with Crippen molar-refractivity contribution in [2.45, 2.75) is 42.3 Å². The molecule has 32 heavy (non-hydrogen) atoms. The van der Waals surface area contributed by atoms with Crippen LogP contribution in [0.2, 0.25) is 0 Å². The van der Waals surface area contributed by atoms with E-state index in [2.05, 4.69) is 0 Å². The van der Waals surface area contributed by atoms with Gasteiger partial charge in [0.1, 0.15) is 0 Å². The van der Waals surface area contributed by atoms with Crippen LogP contribution in [-0.4, -0.2) is 25.6 Å². The van der Waals surface area contributed by atoms with Gasteiger partial charge in [0.25, 0.3) is 0 Å². The first-order valence-corrected chi connectivity index (χ1v) is 10.9. The summed E-state index contributed by atoms with van der Waals surface area (Å²) in [6.45, 7) is 2.56. The monoisotopic (exact) mass is 479 g/mol. The molecule has 2 aromatic rings. The molecule has 11 heteroatoms. The molecule has 1 unspecified atom stereocenters. The van der Waals surface area contributed by atoms with Crippen LogP contribution < -0.4 is 4.90 Å². The maximum atomic E-state index is 13.2. The van der Waals surface area contributed by atoms with Crippen LogP contribution >= 0.6 is 0 Å². The summed E-state index contributed by atoms with van der Waals surface area (Å²) in [4.78, 5) is 13.2. The van der Waals surface area contributed by atoms with Crippen LogP contribution in [0.25, 0.3) is 0 Å². The summed E-state index contributed by atoms with van der Waals surface area (Å²) in [6, 6.07) is 7.27. The molecule has 1 aliphatic heterocycles. The highest BCUT2D eigenvalue weighted by Crippen LogP contribution is 2.41. The number of hydrogen-bond donors (Lipinski definition) is 0. The average molecular weight is 479 g/mol. The molecule has 174 valence electrons. The molecule has 1 aliphatic rings. The molecule has 0 aliphatic carbocycles. The second kappa shape index (κ2) is 7.79. The average Bonchev–Trinajstić information content (AvgIpc) is 3.09. The third-order valence-electron chi connectivity index (χ3n) is 5.78. The molecule has 2 aromatic carbocycles. The Morgan fingerprint density at radius 2 is 1.44 bits per heavy atom. The molecule has 1 fully saturated rings. The number of benzene rings is 2. The van der Waals surface area contributed by atoms with Gasteiger partial charge in [-0.25, -0.2) is 8.42 Å². The lowest BCUT2D eigenvalue weighted by Gasteiger charge is -2.31. The van der Waals surface area contributed by atoms with Crippen LogP contribution in [0, 0.1) is 5.92 Å². The Hall–Kier alpha value is -2.56. The molecule has 0 N–H and O–H groups in total. The van der Waals surface area contributed by atoms with Crippen molar-refractivity contribution in [2.24, 2.45) is 5.92 Å². The third kappa shape index (κ3) is 4.35. The molecule has 1 heterocycles. The number of alkyl halides is 6. The van der Waals surface area contributed by atoms with Crippen molar-refractivity contribution in [3.8, 4) is 0 Å². The first kappa shape index (κ1) is 24.1. The molecule has 4 nitrogen and oxygen atoms in total. The zero-order chi connectivity index (χ0) is 24.1. The van der Waals surface area contributed by atoms with Gasteiger partial charge in [0.05, 0.1) is 20.8 Å². The summed E-state index contributed by atoms with van der Waals surface area (Å²) < 4.78 is 102. The van der Waals surface area contributed by atoms with Crippen molar-refractivity contribution in [1.29, 1.82) is 0 Å². The molecule has 1 saturated heterocycles. The minimum atomic E-state index is -4.72. The number of carbonyl (C=O) groups is 1. The van der Waals surface area contributed by atoms with E-state index in [1.54, 1.807) is 0 Å². The Balaban J connectivity index is 1.89. The molecule has 1 amide bonds. The maximum absolute atomic E-state index is 13.2. The standard InChI is InChI=1S/C21H19F6NO3S/c1-19(2,32(30,31)17-5-3-4-14(10-17)21(25,26)27)15-11-18(29)28(12-15)16-8-6-13(7-9-16)20(22,23)24/h3-10,15H,11-12H2,1-2H3. The summed E-state index contributed by atoms with van der Waals surface area (Å²) in [5, 5.41) is 0. The van der Waals surface area contributed by atoms with Gasteiger partial charge in [-0.2, -0.15) is 26.3 Å². The Labute approximate surface area is 180 Å². The first-order valence-electron chi connectivity index (χ1n) is 9.44. The lowest BCUT2D eigenvalue weighted by molar-refractivity contribution is -0.138. The first-order chi connectivity index (χ1) is 14.5. The van der Waals surface area contributed by atoms with Gasteiger partial charge in [-0.05, 0) is 56.3 Å². The zero-order valence-corrected chi connectivity index (χ0v) is 17.8. The molecule has 0 radical (unpaired) electrons. The quantitative estimate of drug-likeness (QED) is 0.557. The summed E-state index contributed by atoms with van der Waals surface area (Å²) in [5.41, 5.74) is -1.82. The molecular formula is C21H19F6NO3S. The number of nitrogens with zero attached hydrogens (tertiary/aromatic N) is 1. The topological polar surface area (TPSA) is 54.5 Å². The van der Waals surface area contributed by atoms with Gasteiger partial charge in [0.2, 0.25) is 5.91 Å². The van der Waals surface area contributed by atoms with Crippen molar-refractivity contribution in [3.05, 3.63) is 59.7 Å². The minimum Gasteiger partial charge on any atom is -0.312 e. The molecule has 1 atom stereocenters. The Bertz CT molecular complexity index is 1120. The summed E-state index contributed by atoms with van der Waals surface area (Å²) in [5.74, 6) is -1.28. The number of anilines is 1. The largest absolute Gasteiger partial charge is 0.416 e. The number of carbonyl (C=O) groups excluding carboxylic acids is 1. The summed E-state index contributed by atoms with van der Waals surface area (Å²) >= 11 is 0. The van der Waals surface area contributed by atoms with Gasteiger partial charge in [0, 0.05) is 24.6 Å². The third-order valence-corrected chi connectivity index (χ3v) is 8.37. The Morgan fingerprint density at radius 1 is 0.875 bits per heavy atom. The smallest absolute Gasteiger partial charge is 0.312 e. The molecule has 0 bridgehead atoms. The van der Waals surface area contributed by atoms with Crippen molar-refractivity contribution in [3.63, 3.8) is 0 Å². The van der Waals surface area contributed by atoms with Crippen molar-refractivity contribution in [1.82, 2.24) is 0 Å². The van der Waals surface area contributed by atoms with E-state index in [0.717, 1.165) is 42.5 Å². The van der Waals surface area contributed by atoms with Gasteiger partial charge in [-0.3, -0.25) is 4.79 Å². The highest BCUT2D eigenvalue weighted by Gasteiger charge is 2.48. The second-order valence-electron chi connectivity index (χ2n) is 8.08. The highest BCUT2D eigenvalue weighted by molar-refractivity contribution is 7.92. The van der Waals surface area contributed by atoms with Gasteiger partial charge >= 0.3 is 12.4 Å². The number of amides is 1. The van der Waals surface area contributed by atoms with Crippen LogP contribution in [0.1, 0.15) is 31.4 Å². The van der Waals surface area contributed by atoms with Gasteiger partial charge in [-0.1, -0.05) is 6.07 Å². The van der Waals surface area contributed by atoms with E-state index in [1.807, 2.05) is 0 Å². The number of halogens is 6. The molecule has 0 aromatic heterocycles. The molecule has 3 rings (SSSR count). The Kier molecular flexibility index (Phi) is 5.86. The molecule has 0 spiro atoms. The highest BCUT2D eigenvalue weighted by atomic mass is 32.2. The van der Waals surface area contributed by atoms with Gasteiger partial charge < -0.3 is 4.90 Å². The SMILES string of the molecule is CC(C)(C1CC(=O)N(c2ccc(C(F)(F)F)cc2)C1)S(=O)(=O)c1cccc(C(F)(F)F)c1. The van der Waals surface area contributed by atoms with E-state index in [1.165, 1.54) is 18.7 Å². The fourth-order valence-corrected chi connectivity index (χ4v) is 5.36. The van der Waals surface area contributed by atoms with Crippen LogP contribution in [0.3, 0.4) is 0 Å². The predicted octanol–water partition coefficient (Wildman–Crippen LogP) is 5.33. The number of sulfone groups is 1. The van der Waals surface area contributed by atoms with Crippen LogP contribution in [0.5, 0.6) is 0 Å². The fraction of sp³-hybridized carbons (Fsp3) is 0.381. The summed E-state index contributed by atoms with van der Waals surface area (Å²) in [6.07, 6.45) is -9.48. The normalized spacial score (nSPS) is 18.3. The van der Waals surface area contributed by atoms with E-state index in [4.69, 9.17) is 0 Å². The molecular weight excluding hydrogens is 460 g/mol.